The highest BCUT2D eigenvalue weighted by Crippen LogP contribution is 2.18. The lowest BCUT2D eigenvalue weighted by Crippen LogP contribution is -2.22. The quantitative estimate of drug-likeness (QED) is 0.886. The predicted molar refractivity (Wildman–Crippen MR) is 82.6 cm³/mol. The Balaban J connectivity index is 0.00000220. The van der Waals surface area contributed by atoms with Gasteiger partial charge in [0, 0.05) is 23.6 Å². The summed E-state index contributed by atoms with van der Waals surface area (Å²) >= 11 is 5.84. The summed E-state index contributed by atoms with van der Waals surface area (Å²) < 4.78 is 1.51. The van der Waals surface area contributed by atoms with Gasteiger partial charge in [0.05, 0.1) is 5.69 Å². The van der Waals surface area contributed by atoms with Crippen molar-refractivity contribution in [2.24, 2.45) is 0 Å². The van der Waals surface area contributed by atoms with Gasteiger partial charge >= 0.3 is 5.97 Å². The summed E-state index contributed by atoms with van der Waals surface area (Å²) in [5.74, 6) is -0.842. The molecule has 0 aliphatic heterocycles. The van der Waals surface area contributed by atoms with E-state index in [9.17, 15) is 4.79 Å². The van der Waals surface area contributed by atoms with Gasteiger partial charge in [-0.2, -0.15) is 5.10 Å². The first-order chi connectivity index (χ1) is 9.56. The molecule has 0 spiro atoms. The first-order valence-electron chi connectivity index (χ1n) is 6.17. The summed E-state index contributed by atoms with van der Waals surface area (Å²) in [4.78, 5) is 10.5. The molecular weight excluding hydrogens is 313 g/mol. The number of carboxylic acids is 1. The molecule has 21 heavy (non-hydrogen) atoms. The highest BCUT2D eigenvalue weighted by atomic mass is 35.5. The third kappa shape index (κ3) is 4.88. The second-order valence-corrected chi connectivity index (χ2v) is 4.77. The maximum Gasteiger partial charge on any atom is 0.303 e. The van der Waals surface area contributed by atoms with Gasteiger partial charge in [0.15, 0.2) is 0 Å². The topological polar surface area (TPSA) is 79.0 Å². The normalized spacial score (nSPS) is 9.95. The Morgan fingerprint density at radius 3 is 2.52 bits per heavy atom. The average molecular weight is 328 g/mol. The number of aromatic nitrogens is 2. The molecule has 112 valence electrons. The number of benzene rings is 1. The average Bonchev–Trinajstić information content (AvgIpc) is 2.41. The van der Waals surface area contributed by atoms with Crippen molar-refractivity contribution >= 4 is 30.0 Å². The van der Waals surface area contributed by atoms with Crippen molar-refractivity contribution < 1.29 is 9.90 Å². The molecule has 0 bridgehead atoms. The Labute approximate surface area is 133 Å². The summed E-state index contributed by atoms with van der Waals surface area (Å²) in [6.07, 6.45) is 0.516. The first kappa shape index (κ1) is 17.2. The van der Waals surface area contributed by atoms with Crippen molar-refractivity contribution in [3.8, 4) is 11.3 Å². The molecule has 0 amide bonds. The van der Waals surface area contributed by atoms with Crippen LogP contribution in [-0.2, 0) is 11.3 Å². The monoisotopic (exact) mass is 327 g/mol. The van der Waals surface area contributed by atoms with Crippen LogP contribution in [0.1, 0.15) is 12.8 Å². The standard InChI is InChI=1S/C14H14ClN3O2.ClH/c15-11-5-3-10(4-6-11)12-7-8-13(16)18(17-12)9-1-2-14(19)20;/h3-8,16H,1-2,9H2,(H,19,20);1H. The largest absolute Gasteiger partial charge is 0.481 e. The summed E-state index contributed by atoms with van der Waals surface area (Å²) in [6.45, 7) is 0.409. The third-order valence-electron chi connectivity index (χ3n) is 2.81. The van der Waals surface area contributed by atoms with Crippen LogP contribution in [0.3, 0.4) is 0 Å². The Morgan fingerprint density at radius 1 is 1.24 bits per heavy atom. The van der Waals surface area contributed by atoms with E-state index in [-0.39, 0.29) is 24.3 Å². The summed E-state index contributed by atoms with van der Waals surface area (Å²) in [5.41, 5.74) is 1.89. The number of aryl methyl sites for hydroxylation is 1. The fourth-order valence-electron chi connectivity index (χ4n) is 1.79. The van der Waals surface area contributed by atoms with Gasteiger partial charge in [0.1, 0.15) is 5.49 Å². The SMILES string of the molecule is Cl.N=c1ccc(-c2ccc(Cl)cc2)nn1CCCC(=O)O. The molecule has 0 saturated heterocycles. The lowest BCUT2D eigenvalue weighted by Gasteiger charge is -2.08. The minimum Gasteiger partial charge on any atom is -0.481 e. The van der Waals surface area contributed by atoms with Crippen molar-refractivity contribution in [2.75, 3.05) is 0 Å². The Kier molecular flexibility index (Phi) is 6.39. The predicted octanol–water partition coefficient (Wildman–Crippen LogP) is 2.97. The van der Waals surface area contributed by atoms with Crippen molar-refractivity contribution in [3.63, 3.8) is 0 Å². The van der Waals surface area contributed by atoms with Crippen molar-refractivity contribution in [2.45, 2.75) is 19.4 Å². The molecule has 1 aromatic heterocycles. The minimum atomic E-state index is -0.842. The van der Waals surface area contributed by atoms with E-state index in [2.05, 4.69) is 5.10 Å². The zero-order chi connectivity index (χ0) is 14.5. The van der Waals surface area contributed by atoms with Gasteiger partial charge in [-0.15, -0.1) is 12.4 Å². The fraction of sp³-hybridized carbons (Fsp3) is 0.214. The second kappa shape index (κ2) is 7.81. The molecule has 2 N–H and O–H groups in total. The fourth-order valence-corrected chi connectivity index (χ4v) is 1.91. The van der Waals surface area contributed by atoms with Crippen LogP contribution < -0.4 is 5.49 Å². The van der Waals surface area contributed by atoms with Gasteiger partial charge in [0.2, 0.25) is 0 Å². The zero-order valence-electron chi connectivity index (χ0n) is 11.1. The molecule has 1 heterocycles. The van der Waals surface area contributed by atoms with Gasteiger partial charge < -0.3 is 5.11 Å². The molecule has 5 nitrogen and oxygen atoms in total. The third-order valence-corrected chi connectivity index (χ3v) is 3.06. The molecule has 0 radical (unpaired) electrons. The number of aliphatic carboxylic acids is 1. The molecule has 2 aromatic rings. The van der Waals surface area contributed by atoms with E-state index in [0.717, 1.165) is 11.3 Å². The van der Waals surface area contributed by atoms with Gasteiger partial charge in [0.25, 0.3) is 0 Å². The Bertz CT molecular complexity index is 669. The van der Waals surface area contributed by atoms with E-state index in [1.807, 2.05) is 12.1 Å². The van der Waals surface area contributed by atoms with Crippen LogP contribution in [0.5, 0.6) is 0 Å². The van der Waals surface area contributed by atoms with Crippen molar-refractivity contribution in [3.05, 3.63) is 46.9 Å². The lowest BCUT2D eigenvalue weighted by molar-refractivity contribution is -0.137. The number of halogens is 2. The molecule has 0 fully saturated rings. The molecule has 1 aromatic carbocycles. The van der Waals surface area contributed by atoms with E-state index >= 15 is 0 Å². The van der Waals surface area contributed by atoms with Crippen LogP contribution >= 0.6 is 24.0 Å². The summed E-state index contributed by atoms with van der Waals surface area (Å²) in [6, 6.07) is 10.7. The smallest absolute Gasteiger partial charge is 0.303 e. The number of carbonyl (C=O) groups is 1. The number of hydrogen-bond donors (Lipinski definition) is 2. The van der Waals surface area contributed by atoms with E-state index < -0.39 is 5.97 Å². The van der Waals surface area contributed by atoms with Gasteiger partial charge in [-0.25, -0.2) is 4.68 Å². The maximum atomic E-state index is 10.5. The second-order valence-electron chi connectivity index (χ2n) is 4.33. The van der Waals surface area contributed by atoms with Crippen molar-refractivity contribution in [1.29, 1.82) is 5.41 Å². The van der Waals surface area contributed by atoms with Gasteiger partial charge in [-0.1, -0.05) is 23.7 Å². The lowest BCUT2D eigenvalue weighted by atomic mass is 10.1. The maximum absolute atomic E-state index is 10.5. The van der Waals surface area contributed by atoms with E-state index in [1.165, 1.54) is 4.68 Å². The number of carboxylic acid groups (broad SMARTS) is 1. The van der Waals surface area contributed by atoms with Crippen LogP contribution in [0.2, 0.25) is 5.02 Å². The first-order valence-corrected chi connectivity index (χ1v) is 6.54. The highest BCUT2D eigenvalue weighted by molar-refractivity contribution is 6.30. The van der Waals surface area contributed by atoms with Crippen LogP contribution in [0.25, 0.3) is 11.3 Å². The Hall–Kier alpha value is -1.85. The number of hydrogen-bond acceptors (Lipinski definition) is 3. The highest BCUT2D eigenvalue weighted by Gasteiger charge is 2.03. The number of rotatable bonds is 5. The van der Waals surface area contributed by atoms with E-state index in [1.54, 1.807) is 24.3 Å². The van der Waals surface area contributed by atoms with Crippen LogP contribution in [0.15, 0.2) is 36.4 Å². The van der Waals surface area contributed by atoms with Crippen molar-refractivity contribution in [1.82, 2.24) is 9.78 Å². The Morgan fingerprint density at radius 2 is 1.90 bits per heavy atom. The molecule has 0 atom stereocenters. The van der Waals surface area contributed by atoms with Gasteiger partial charge in [-0.3, -0.25) is 10.2 Å². The summed E-state index contributed by atoms with van der Waals surface area (Å²) in [7, 11) is 0. The molecule has 0 saturated carbocycles. The number of nitrogens with zero attached hydrogens (tertiary/aromatic N) is 2. The minimum absolute atomic E-state index is 0. The van der Waals surface area contributed by atoms with Gasteiger partial charge in [-0.05, 0) is 30.7 Å². The molecular formula is C14H15Cl2N3O2. The molecule has 2 rings (SSSR count). The number of nitrogens with one attached hydrogen (secondary N) is 1. The molecule has 7 heteroatoms. The van der Waals surface area contributed by atoms with Crippen LogP contribution in [0.4, 0.5) is 0 Å². The van der Waals surface area contributed by atoms with E-state index in [4.69, 9.17) is 22.1 Å². The van der Waals surface area contributed by atoms with E-state index in [0.29, 0.717) is 18.0 Å². The summed E-state index contributed by atoms with van der Waals surface area (Å²) in [5, 5.41) is 21.4. The van der Waals surface area contributed by atoms with Crippen LogP contribution in [0, 0.1) is 5.41 Å². The molecule has 0 aliphatic rings. The zero-order valence-corrected chi connectivity index (χ0v) is 12.7. The molecule has 0 unspecified atom stereocenters. The van der Waals surface area contributed by atoms with Crippen LogP contribution in [-0.4, -0.2) is 20.9 Å². The molecule has 0 aliphatic carbocycles.